The summed E-state index contributed by atoms with van der Waals surface area (Å²) in [6, 6.07) is 8.48. The Balaban J connectivity index is 1.70. The molecule has 134 valence electrons. The van der Waals surface area contributed by atoms with E-state index in [1.807, 2.05) is 0 Å². The van der Waals surface area contributed by atoms with Gasteiger partial charge in [-0.25, -0.2) is 12.8 Å². The number of hydrogen-bond donors (Lipinski definition) is 1. The number of anilines is 1. The fourth-order valence-electron chi connectivity index (χ4n) is 2.72. The summed E-state index contributed by atoms with van der Waals surface area (Å²) >= 11 is 6.83. The van der Waals surface area contributed by atoms with Crippen molar-refractivity contribution in [1.82, 2.24) is 4.31 Å². The molecule has 1 aliphatic rings. The third kappa shape index (κ3) is 4.20. The van der Waals surface area contributed by atoms with Crippen LogP contribution in [0.5, 0.6) is 0 Å². The summed E-state index contributed by atoms with van der Waals surface area (Å²) in [5, 5.41) is 2.71. The normalized spacial score (nSPS) is 18.9. The van der Waals surface area contributed by atoms with Crippen LogP contribution >= 0.6 is 22.9 Å². The maximum absolute atomic E-state index is 12.9. The molecule has 1 aromatic heterocycles. The molecule has 1 fully saturated rings. The SMILES string of the molecule is O=C(Nc1ccc(F)cc1)C1CCCN(S(=O)(=O)c2ccc(Cl)s2)C1. The molecule has 2 heterocycles. The van der Waals surface area contributed by atoms with Crippen LogP contribution in [0.1, 0.15) is 12.8 Å². The van der Waals surface area contributed by atoms with Crippen molar-refractivity contribution in [3.63, 3.8) is 0 Å². The highest BCUT2D eigenvalue weighted by Gasteiger charge is 2.34. The molecule has 0 bridgehead atoms. The van der Waals surface area contributed by atoms with Gasteiger partial charge in [-0.15, -0.1) is 11.3 Å². The molecule has 2 aromatic rings. The van der Waals surface area contributed by atoms with Gasteiger partial charge in [-0.05, 0) is 49.2 Å². The molecule has 1 saturated heterocycles. The Kier molecular flexibility index (Phi) is 5.43. The molecule has 0 aliphatic carbocycles. The van der Waals surface area contributed by atoms with Crippen molar-refractivity contribution in [1.29, 1.82) is 0 Å². The maximum atomic E-state index is 12.9. The van der Waals surface area contributed by atoms with Crippen LogP contribution in [0.15, 0.2) is 40.6 Å². The van der Waals surface area contributed by atoms with Gasteiger partial charge in [0, 0.05) is 18.8 Å². The number of thiophene rings is 1. The summed E-state index contributed by atoms with van der Waals surface area (Å²) in [6.07, 6.45) is 1.20. The second-order valence-corrected chi connectivity index (χ2v) is 9.64. The zero-order valence-corrected chi connectivity index (χ0v) is 15.5. The number of sulfonamides is 1. The second kappa shape index (κ2) is 7.41. The van der Waals surface area contributed by atoms with Crippen molar-refractivity contribution in [3.05, 3.63) is 46.6 Å². The molecule has 1 N–H and O–H groups in total. The fourth-order valence-corrected chi connectivity index (χ4v) is 5.88. The van der Waals surface area contributed by atoms with E-state index in [1.54, 1.807) is 6.07 Å². The first-order valence-electron chi connectivity index (χ1n) is 7.68. The van der Waals surface area contributed by atoms with E-state index in [0.29, 0.717) is 29.4 Å². The van der Waals surface area contributed by atoms with Crippen LogP contribution in [-0.2, 0) is 14.8 Å². The quantitative estimate of drug-likeness (QED) is 0.849. The second-order valence-electron chi connectivity index (χ2n) is 5.76. The van der Waals surface area contributed by atoms with Crippen molar-refractivity contribution in [3.8, 4) is 0 Å². The third-order valence-corrected chi connectivity index (χ3v) is 7.57. The molecule has 1 unspecified atom stereocenters. The first kappa shape index (κ1) is 18.3. The third-order valence-electron chi connectivity index (χ3n) is 4.01. The Morgan fingerprint density at radius 3 is 2.60 bits per heavy atom. The van der Waals surface area contributed by atoms with Gasteiger partial charge in [0.25, 0.3) is 10.0 Å². The molecule has 5 nitrogen and oxygen atoms in total. The van der Waals surface area contributed by atoms with Gasteiger partial charge >= 0.3 is 0 Å². The Morgan fingerprint density at radius 1 is 1.24 bits per heavy atom. The number of piperidine rings is 1. The van der Waals surface area contributed by atoms with Crippen LogP contribution in [0, 0.1) is 11.7 Å². The molecule has 0 saturated carbocycles. The molecule has 25 heavy (non-hydrogen) atoms. The van der Waals surface area contributed by atoms with Crippen LogP contribution in [0.3, 0.4) is 0 Å². The molecule has 0 spiro atoms. The molecule has 1 atom stereocenters. The van der Waals surface area contributed by atoms with E-state index in [1.165, 1.54) is 34.6 Å². The van der Waals surface area contributed by atoms with Gasteiger partial charge in [-0.3, -0.25) is 4.79 Å². The van der Waals surface area contributed by atoms with Crippen molar-refractivity contribution in [2.75, 3.05) is 18.4 Å². The average molecular weight is 403 g/mol. The number of amides is 1. The Hall–Kier alpha value is -1.48. The minimum Gasteiger partial charge on any atom is -0.326 e. The van der Waals surface area contributed by atoms with Crippen LogP contribution in [0.4, 0.5) is 10.1 Å². The number of carbonyl (C=O) groups excluding carboxylic acids is 1. The van der Waals surface area contributed by atoms with E-state index < -0.39 is 15.9 Å². The molecule has 9 heteroatoms. The minimum atomic E-state index is -3.65. The van der Waals surface area contributed by atoms with Crippen LogP contribution in [0.25, 0.3) is 0 Å². The average Bonchev–Trinajstić information content (AvgIpc) is 3.04. The highest BCUT2D eigenvalue weighted by atomic mass is 35.5. The van der Waals surface area contributed by atoms with Gasteiger partial charge in [-0.1, -0.05) is 11.6 Å². The predicted molar refractivity (Wildman–Crippen MR) is 95.8 cm³/mol. The standard InChI is InChI=1S/C16H16ClFN2O3S2/c17-14-7-8-15(24-14)25(22,23)20-9-1-2-11(10-20)16(21)19-13-5-3-12(18)4-6-13/h3-8,11H,1-2,9-10H2,(H,19,21). The Morgan fingerprint density at radius 2 is 1.96 bits per heavy atom. The zero-order chi connectivity index (χ0) is 18.0. The Labute approximate surface area is 154 Å². The summed E-state index contributed by atoms with van der Waals surface area (Å²) < 4.78 is 40.2. The number of benzene rings is 1. The summed E-state index contributed by atoms with van der Waals surface area (Å²) in [4.78, 5) is 12.4. The van der Waals surface area contributed by atoms with E-state index >= 15 is 0 Å². The number of rotatable bonds is 4. The zero-order valence-electron chi connectivity index (χ0n) is 13.1. The molecule has 0 radical (unpaired) electrons. The van der Waals surface area contributed by atoms with E-state index in [4.69, 9.17) is 11.6 Å². The van der Waals surface area contributed by atoms with Gasteiger partial charge in [0.2, 0.25) is 5.91 Å². The van der Waals surface area contributed by atoms with E-state index in [2.05, 4.69) is 5.32 Å². The maximum Gasteiger partial charge on any atom is 0.252 e. The smallest absolute Gasteiger partial charge is 0.252 e. The highest BCUT2D eigenvalue weighted by Crippen LogP contribution is 2.30. The Bertz CT molecular complexity index is 868. The lowest BCUT2D eigenvalue weighted by Gasteiger charge is -2.30. The van der Waals surface area contributed by atoms with Crippen LogP contribution in [-0.4, -0.2) is 31.7 Å². The lowest BCUT2D eigenvalue weighted by Crippen LogP contribution is -2.43. The molecule has 1 amide bonds. The van der Waals surface area contributed by atoms with E-state index in [9.17, 15) is 17.6 Å². The number of hydrogen-bond acceptors (Lipinski definition) is 4. The van der Waals surface area contributed by atoms with Crippen molar-refractivity contribution < 1.29 is 17.6 Å². The monoisotopic (exact) mass is 402 g/mol. The van der Waals surface area contributed by atoms with Gasteiger partial charge in [-0.2, -0.15) is 4.31 Å². The summed E-state index contributed by atoms with van der Waals surface area (Å²) in [5.74, 6) is -1.11. The lowest BCUT2D eigenvalue weighted by molar-refractivity contribution is -0.120. The molecular weight excluding hydrogens is 387 g/mol. The first-order valence-corrected chi connectivity index (χ1v) is 10.3. The number of carbonyl (C=O) groups is 1. The van der Waals surface area contributed by atoms with Crippen molar-refractivity contribution in [2.24, 2.45) is 5.92 Å². The summed E-state index contributed by atoms with van der Waals surface area (Å²) in [5.41, 5.74) is 0.483. The summed E-state index contributed by atoms with van der Waals surface area (Å²) in [7, 11) is -3.65. The fraction of sp³-hybridized carbons (Fsp3) is 0.312. The number of nitrogens with one attached hydrogen (secondary N) is 1. The molecular formula is C16H16ClFN2O3S2. The minimum absolute atomic E-state index is 0.116. The lowest BCUT2D eigenvalue weighted by atomic mass is 9.99. The highest BCUT2D eigenvalue weighted by molar-refractivity contribution is 7.91. The van der Waals surface area contributed by atoms with Crippen LogP contribution in [0.2, 0.25) is 4.34 Å². The molecule has 1 aliphatic heterocycles. The van der Waals surface area contributed by atoms with Gasteiger partial charge < -0.3 is 5.32 Å². The largest absolute Gasteiger partial charge is 0.326 e. The van der Waals surface area contributed by atoms with E-state index in [-0.39, 0.29) is 22.5 Å². The van der Waals surface area contributed by atoms with Gasteiger partial charge in [0.1, 0.15) is 10.0 Å². The molecule has 1 aromatic carbocycles. The topological polar surface area (TPSA) is 66.5 Å². The van der Waals surface area contributed by atoms with E-state index in [0.717, 1.165) is 11.3 Å². The molecule has 3 rings (SSSR count). The number of nitrogens with zero attached hydrogens (tertiary/aromatic N) is 1. The first-order chi connectivity index (χ1) is 11.9. The predicted octanol–water partition coefficient (Wildman–Crippen LogP) is 3.58. The van der Waals surface area contributed by atoms with Gasteiger partial charge in [0.15, 0.2) is 0 Å². The summed E-state index contributed by atoms with van der Waals surface area (Å²) in [6.45, 7) is 0.489. The number of halogens is 2. The van der Waals surface area contributed by atoms with Crippen LogP contribution < -0.4 is 5.32 Å². The van der Waals surface area contributed by atoms with Gasteiger partial charge in [0.05, 0.1) is 10.3 Å². The van der Waals surface area contributed by atoms with Crippen molar-refractivity contribution in [2.45, 2.75) is 17.1 Å². The van der Waals surface area contributed by atoms with Crippen molar-refractivity contribution >= 4 is 44.6 Å².